The Morgan fingerprint density at radius 2 is 1.80 bits per heavy atom. The molecular formula is C16H32N4. The summed E-state index contributed by atoms with van der Waals surface area (Å²) >= 11 is 0. The molecule has 1 aliphatic carbocycles. The molecule has 0 radical (unpaired) electrons. The zero-order chi connectivity index (χ0) is 14.2. The van der Waals surface area contributed by atoms with Crippen molar-refractivity contribution in [1.82, 2.24) is 15.5 Å². The van der Waals surface area contributed by atoms with E-state index in [9.17, 15) is 0 Å². The van der Waals surface area contributed by atoms with Gasteiger partial charge in [0.2, 0.25) is 0 Å². The zero-order valence-electron chi connectivity index (χ0n) is 13.3. The maximum absolute atomic E-state index is 4.83. The third-order valence-electron chi connectivity index (χ3n) is 4.64. The maximum atomic E-state index is 4.83. The van der Waals surface area contributed by atoms with E-state index in [0.29, 0.717) is 6.04 Å². The number of hydrogen-bond donors (Lipinski definition) is 2. The Morgan fingerprint density at radius 1 is 1.10 bits per heavy atom. The van der Waals surface area contributed by atoms with Crippen LogP contribution in [0.2, 0.25) is 0 Å². The van der Waals surface area contributed by atoms with E-state index in [0.717, 1.165) is 25.0 Å². The van der Waals surface area contributed by atoms with Crippen LogP contribution in [0.1, 0.15) is 51.9 Å². The van der Waals surface area contributed by atoms with Crippen LogP contribution in [0.25, 0.3) is 0 Å². The van der Waals surface area contributed by atoms with E-state index >= 15 is 0 Å². The standard InChI is InChI=1S/C16H32N4/c1-3-17-16(19-15-7-5-4-6-8-15)18-13-14-9-11-20(2)12-10-14/h14-15H,3-13H2,1-2H3,(H2,17,18,19). The van der Waals surface area contributed by atoms with Crippen molar-refractivity contribution in [2.75, 3.05) is 33.2 Å². The Morgan fingerprint density at radius 3 is 2.45 bits per heavy atom. The third-order valence-corrected chi connectivity index (χ3v) is 4.64. The van der Waals surface area contributed by atoms with Crippen LogP contribution in [0.3, 0.4) is 0 Å². The summed E-state index contributed by atoms with van der Waals surface area (Å²) in [5, 5.41) is 7.04. The van der Waals surface area contributed by atoms with Gasteiger partial charge in [-0.15, -0.1) is 0 Å². The van der Waals surface area contributed by atoms with Crippen molar-refractivity contribution in [3.8, 4) is 0 Å². The van der Waals surface area contributed by atoms with Crippen molar-refractivity contribution in [1.29, 1.82) is 0 Å². The van der Waals surface area contributed by atoms with E-state index in [1.807, 2.05) is 0 Å². The van der Waals surface area contributed by atoms with Crippen LogP contribution in [0.4, 0.5) is 0 Å². The Hall–Kier alpha value is -0.770. The number of nitrogens with one attached hydrogen (secondary N) is 2. The second-order valence-electron chi connectivity index (χ2n) is 6.45. The summed E-state index contributed by atoms with van der Waals surface area (Å²) < 4.78 is 0. The molecule has 0 bridgehead atoms. The minimum Gasteiger partial charge on any atom is -0.357 e. The highest BCUT2D eigenvalue weighted by atomic mass is 15.2. The predicted octanol–water partition coefficient (Wildman–Crippen LogP) is 2.22. The molecule has 4 heteroatoms. The normalized spacial score (nSPS) is 23.8. The quantitative estimate of drug-likeness (QED) is 0.613. The van der Waals surface area contributed by atoms with Crippen LogP contribution in [-0.4, -0.2) is 50.1 Å². The summed E-state index contributed by atoms with van der Waals surface area (Å²) in [7, 11) is 2.22. The summed E-state index contributed by atoms with van der Waals surface area (Å²) in [6, 6.07) is 0.638. The number of rotatable bonds is 4. The van der Waals surface area contributed by atoms with Gasteiger partial charge >= 0.3 is 0 Å². The van der Waals surface area contributed by atoms with Gasteiger partial charge in [0.15, 0.2) is 5.96 Å². The van der Waals surface area contributed by atoms with Crippen molar-refractivity contribution >= 4 is 5.96 Å². The molecule has 2 aliphatic rings. The molecule has 1 saturated carbocycles. The number of guanidine groups is 1. The van der Waals surface area contributed by atoms with Crippen molar-refractivity contribution in [3.05, 3.63) is 0 Å². The van der Waals surface area contributed by atoms with Gasteiger partial charge in [0.1, 0.15) is 0 Å². The van der Waals surface area contributed by atoms with Gasteiger partial charge in [-0.25, -0.2) is 0 Å². The highest BCUT2D eigenvalue weighted by molar-refractivity contribution is 5.80. The van der Waals surface area contributed by atoms with Gasteiger partial charge in [-0.05, 0) is 58.7 Å². The van der Waals surface area contributed by atoms with E-state index in [4.69, 9.17) is 4.99 Å². The maximum Gasteiger partial charge on any atom is 0.191 e. The fourth-order valence-electron chi connectivity index (χ4n) is 3.23. The summed E-state index contributed by atoms with van der Waals surface area (Å²) in [5.41, 5.74) is 0. The average Bonchev–Trinajstić information content (AvgIpc) is 2.48. The van der Waals surface area contributed by atoms with Crippen LogP contribution < -0.4 is 10.6 Å². The molecule has 2 rings (SSSR count). The molecule has 0 unspecified atom stereocenters. The van der Waals surface area contributed by atoms with E-state index < -0.39 is 0 Å². The summed E-state index contributed by atoms with van der Waals surface area (Å²) in [5.74, 6) is 1.81. The Labute approximate surface area is 124 Å². The molecule has 0 atom stereocenters. The molecule has 1 aliphatic heterocycles. The Balaban J connectivity index is 1.78. The van der Waals surface area contributed by atoms with Crippen LogP contribution in [0.5, 0.6) is 0 Å². The van der Waals surface area contributed by atoms with E-state index in [1.54, 1.807) is 0 Å². The van der Waals surface area contributed by atoms with Crippen molar-refractivity contribution in [2.45, 2.75) is 57.9 Å². The van der Waals surface area contributed by atoms with Crippen LogP contribution in [-0.2, 0) is 0 Å². The van der Waals surface area contributed by atoms with Crippen molar-refractivity contribution in [2.24, 2.45) is 10.9 Å². The number of nitrogens with zero attached hydrogens (tertiary/aromatic N) is 2. The Bertz CT molecular complexity index is 289. The first-order chi connectivity index (χ1) is 9.78. The fourth-order valence-corrected chi connectivity index (χ4v) is 3.23. The van der Waals surface area contributed by atoms with Crippen LogP contribution in [0.15, 0.2) is 4.99 Å². The lowest BCUT2D eigenvalue weighted by Gasteiger charge is -2.28. The minimum absolute atomic E-state index is 0.638. The molecule has 116 valence electrons. The first-order valence-corrected chi connectivity index (χ1v) is 8.51. The fraction of sp³-hybridized carbons (Fsp3) is 0.938. The van der Waals surface area contributed by atoms with Gasteiger partial charge < -0.3 is 15.5 Å². The van der Waals surface area contributed by atoms with Gasteiger partial charge in [0, 0.05) is 19.1 Å². The molecule has 1 saturated heterocycles. The van der Waals surface area contributed by atoms with Gasteiger partial charge in [-0.2, -0.15) is 0 Å². The first-order valence-electron chi connectivity index (χ1n) is 8.51. The molecule has 2 fully saturated rings. The third kappa shape index (κ3) is 5.31. The lowest BCUT2D eigenvalue weighted by Crippen LogP contribution is -2.44. The lowest BCUT2D eigenvalue weighted by atomic mass is 9.95. The molecule has 0 aromatic carbocycles. The second kappa shape index (κ2) is 8.50. The average molecular weight is 280 g/mol. The number of hydrogen-bond acceptors (Lipinski definition) is 2. The lowest BCUT2D eigenvalue weighted by molar-refractivity contribution is 0.223. The number of piperidine rings is 1. The Kier molecular flexibility index (Phi) is 6.64. The van der Waals surface area contributed by atoms with E-state index in [1.165, 1.54) is 58.0 Å². The van der Waals surface area contributed by atoms with Crippen molar-refractivity contribution in [3.63, 3.8) is 0 Å². The van der Waals surface area contributed by atoms with Crippen LogP contribution in [0, 0.1) is 5.92 Å². The topological polar surface area (TPSA) is 39.7 Å². The van der Waals surface area contributed by atoms with Gasteiger partial charge in [0.05, 0.1) is 0 Å². The van der Waals surface area contributed by atoms with E-state index in [-0.39, 0.29) is 0 Å². The summed E-state index contributed by atoms with van der Waals surface area (Å²) in [4.78, 5) is 7.25. The molecule has 2 N–H and O–H groups in total. The van der Waals surface area contributed by atoms with Gasteiger partial charge in [-0.1, -0.05) is 19.3 Å². The monoisotopic (exact) mass is 280 g/mol. The largest absolute Gasteiger partial charge is 0.357 e. The number of aliphatic imine (C=N–C) groups is 1. The molecule has 0 amide bonds. The number of likely N-dealkylation sites (tertiary alicyclic amines) is 1. The van der Waals surface area contributed by atoms with E-state index in [2.05, 4.69) is 29.5 Å². The SMILES string of the molecule is CCNC(=NCC1CCN(C)CC1)NC1CCCCC1. The molecule has 0 aromatic heterocycles. The predicted molar refractivity (Wildman–Crippen MR) is 86.2 cm³/mol. The molecular weight excluding hydrogens is 248 g/mol. The molecule has 1 heterocycles. The molecule has 0 aromatic rings. The summed E-state index contributed by atoms with van der Waals surface area (Å²) in [6.45, 7) is 6.54. The zero-order valence-corrected chi connectivity index (χ0v) is 13.3. The highest BCUT2D eigenvalue weighted by Gasteiger charge is 2.17. The van der Waals surface area contributed by atoms with Crippen LogP contribution >= 0.6 is 0 Å². The van der Waals surface area contributed by atoms with Gasteiger partial charge in [-0.3, -0.25) is 4.99 Å². The van der Waals surface area contributed by atoms with Gasteiger partial charge in [0.25, 0.3) is 0 Å². The smallest absolute Gasteiger partial charge is 0.191 e. The highest BCUT2D eigenvalue weighted by Crippen LogP contribution is 2.18. The first kappa shape index (κ1) is 15.6. The molecule has 4 nitrogen and oxygen atoms in total. The second-order valence-corrected chi connectivity index (χ2v) is 6.45. The molecule has 20 heavy (non-hydrogen) atoms. The summed E-state index contributed by atoms with van der Waals surface area (Å²) in [6.07, 6.45) is 9.34. The molecule has 0 spiro atoms. The minimum atomic E-state index is 0.638. The van der Waals surface area contributed by atoms with Crippen molar-refractivity contribution < 1.29 is 0 Å².